The molecule has 2 amide bonds. The zero-order chi connectivity index (χ0) is 26.2. The van der Waals surface area contributed by atoms with Gasteiger partial charge >= 0.3 is 0 Å². The molecular formula is C35H25Fe2NO2-8. The van der Waals surface area contributed by atoms with Gasteiger partial charge in [0.2, 0.25) is 0 Å². The van der Waals surface area contributed by atoms with Crippen LogP contribution in [0.1, 0.15) is 37.4 Å². The monoisotopic (exact) mass is 603 g/mol. The third-order valence-corrected chi connectivity index (χ3v) is 6.18. The maximum atomic E-state index is 13.1. The molecule has 0 atom stereocenters. The summed E-state index contributed by atoms with van der Waals surface area (Å²) in [6.07, 6.45) is 0. The third kappa shape index (κ3) is 7.07. The molecule has 1 aliphatic heterocycles. The van der Waals surface area contributed by atoms with Crippen LogP contribution in [0.15, 0.2) is 140 Å². The fraction of sp³-hybridized carbons (Fsp3) is 0.0286. The maximum absolute atomic E-state index is 13.1. The Balaban J connectivity index is 0.000000310. The fourth-order valence-electron chi connectivity index (χ4n) is 4.34. The van der Waals surface area contributed by atoms with E-state index >= 15 is 0 Å². The van der Waals surface area contributed by atoms with Crippen molar-refractivity contribution in [3.63, 3.8) is 0 Å². The predicted molar refractivity (Wildman–Crippen MR) is 152 cm³/mol. The molecule has 0 aromatic heterocycles. The van der Waals surface area contributed by atoms with E-state index in [1.54, 1.807) is 12.1 Å². The Bertz CT molecular complexity index is 1580. The molecule has 0 fully saturated rings. The van der Waals surface area contributed by atoms with E-state index in [1.165, 1.54) is 4.90 Å². The van der Waals surface area contributed by atoms with Gasteiger partial charge in [-0.25, -0.2) is 24.3 Å². The Morgan fingerprint density at radius 3 is 1.82 bits per heavy atom. The Kier molecular flexibility index (Phi) is 11.3. The molecule has 1 heterocycles. The standard InChI is InChI=1S/C25H15NO2.2C5H5.2Fe/c27-24-21-11-5-10-20-19(13-12-17-6-1-2-7-17)14-15-22(23(20)21)25(28)26(24)16-18-8-3-4-9-18;2*1-2-4-5-3-1;;/h1-11,14-15H,16H2;2*1-5H;;/q-2;-5;-1;;. The molecule has 6 aromatic rings. The largest absolute Gasteiger partial charge is 0.748 e. The molecule has 40 heavy (non-hydrogen) atoms. The van der Waals surface area contributed by atoms with Crippen LogP contribution in [0.25, 0.3) is 10.8 Å². The van der Waals surface area contributed by atoms with Gasteiger partial charge in [0.05, 0.1) is 0 Å². The molecule has 0 radical (unpaired) electrons. The quantitative estimate of drug-likeness (QED) is 0.0904. The second-order valence-corrected chi connectivity index (χ2v) is 8.73. The fourth-order valence-corrected chi connectivity index (χ4v) is 4.34. The van der Waals surface area contributed by atoms with Crippen LogP contribution >= 0.6 is 0 Å². The number of carbonyl (C=O) groups excluding carboxylic acids is 2. The van der Waals surface area contributed by atoms with E-state index in [1.807, 2.05) is 127 Å². The van der Waals surface area contributed by atoms with Crippen LogP contribution in [0, 0.1) is 11.8 Å². The summed E-state index contributed by atoms with van der Waals surface area (Å²) in [6, 6.07) is 44.6. The second kappa shape index (κ2) is 14.8. The summed E-state index contributed by atoms with van der Waals surface area (Å²) < 4.78 is 0. The van der Waals surface area contributed by atoms with Gasteiger partial charge in [-0.2, -0.15) is 54.3 Å². The number of benzene rings is 2. The molecule has 206 valence electrons. The Hall–Kier alpha value is -4.16. The number of hydrogen-bond donors (Lipinski definition) is 0. The van der Waals surface area contributed by atoms with Crippen LogP contribution in [-0.4, -0.2) is 16.7 Å². The minimum absolute atomic E-state index is 0. The molecule has 0 saturated heterocycles. The van der Waals surface area contributed by atoms with E-state index in [4.69, 9.17) is 0 Å². The van der Waals surface area contributed by atoms with Crippen molar-refractivity contribution < 1.29 is 43.7 Å². The molecule has 5 heteroatoms. The van der Waals surface area contributed by atoms with E-state index in [0.29, 0.717) is 16.5 Å². The van der Waals surface area contributed by atoms with Crippen LogP contribution in [-0.2, 0) is 40.7 Å². The molecule has 1 aliphatic rings. The van der Waals surface area contributed by atoms with Crippen LogP contribution in [0.5, 0.6) is 0 Å². The van der Waals surface area contributed by atoms with Crippen LogP contribution in [0.3, 0.4) is 0 Å². The molecule has 0 bridgehead atoms. The molecule has 6 aromatic carbocycles. The van der Waals surface area contributed by atoms with Crippen LogP contribution < -0.4 is 0 Å². The average Bonchev–Trinajstić information content (AvgIpc) is 3.79. The van der Waals surface area contributed by atoms with Crippen molar-refractivity contribution in [1.29, 1.82) is 0 Å². The van der Waals surface area contributed by atoms with Crippen molar-refractivity contribution in [2.75, 3.05) is 0 Å². The van der Waals surface area contributed by atoms with Gasteiger partial charge in [0.15, 0.2) is 0 Å². The van der Waals surface area contributed by atoms with Crippen LogP contribution in [0.4, 0.5) is 0 Å². The molecule has 3 nitrogen and oxygen atoms in total. The van der Waals surface area contributed by atoms with Gasteiger partial charge in [0.1, 0.15) is 0 Å². The van der Waals surface area contributed by atoms with E-state index in [2.05, 4.69) is 11.8 Å². The maximum Gasteiger partial charge on any atom is 0.260 e. The molecule has 7 rings (SSSR count). The van der Waals surface area contributed by atoms with Crippen molar-refractivity contribution in [2.24, 2.45) is 0 Å². The summed E-state index contributed by atoms with van der Waals surface area (Å²) in [5.41, 5.74) is 3.79. The number of carbonyl (C=O) groups is 2. The first-order chi connectivity index (χ1) is 18.7. The number of imide groups is 1. The first-order valence-corrected chi connectivity index (χ1v) is 12.4. The molecule has 0 N–H and O–H groups in total. The molecule has 0 aliphatic carbocycles. The van der Waals surface area contributed by atoms with Crippen molar-refractivity contribution >= 4 is 22.6 Å². The van der Waals surface area contributed by atoms with Gasteiger partial charge in [-0.05, 0) is 23.1 Å². The van der Waals surface area contributed by atoms with Gasteiger partial charge in [-0.1, -0.05) is 23.8 Å². The Morgan fingerprint density at radius 2 is 1.25 bits per heavy atom. The van der Waals surface area contributed by atoms with Crippen molar-refractivity contribution in [2.45, 2.75) is 6.54 Å². The third-order valence-electron chi connectivity index (χ3n) is 6.18. The van der Waals surface area contributed by atoms with Gasteiger partial charge in [0, 0.05) is 57.2 Å². The first kappa shape index (κ1) is 30.4. The van der Waals surface area contributed by atoms with Crippen molar-refractivity contribution in [3.8, 4) is 11.8 Å². The number of amides is 2. The Labute approximate surface area is 255 Å². The van der Waals surface area contributed by atoms with Crippen molar-refractivity contribution in [3.05, 3.63) is 167 Å². The molecule has 0 spiro atoms. The van der Waals surface area contributed by atoms with E-state index in [9.17, 15) is 9.59 Å². The average molecular weight is 603 g/mol. The predicted octanol–water partition coefficient (Wildman–Crippen LogP) is 7.28. The topological polar surface area (TPSA) is 37.4 Å². The summed E-state index contributed by atoms with van der Waals surface area (Å²) in [5, 5.41) is 1.54. The van der Waals surface area contributed by atoms with E-state index in [-0.39, 0.29) is 52.5 Å². The minimum Gasteiger partial charge on any atom is -0.748 e. The SMILES string of the molecule is O=C1c2cccc3c(C#C[c-]4cccc4)ccc(c23)C(=O)N1C[c-]1cccc1.[Fe].[Fe].[cH-]1[cH-][cH-][cH-][cH-]1.c1cc[cH-]c1. The number of nitrogens with zero attached hydrogens (tertiary/aromatic N) is 1. The minimum atomic E-state index is -0.259. The smallest absolute Gasteiger partial charge is 0.260 e. The summed E-state index contributed by atoms with van der Waals surface area (Å²) in [7, 11) is 0. The van der Waals surface area contributed by atoms with Gasteiger partial charge in [-0.3, -0.25) is 14.5 Å². The van der Waals surface area contributed by atoms with Crippen LogP contribution in [0.2, 0.25) is 0 Å². The van der Waals surface area contributed by atoms with Gasteiger partial charge < -0.3 is 30.3 Å². The normalized spacial score (nSPS) is 11.1. The van der Waals surface area contributed by atoms with Crippen molar-refractivity contribution in [1.82, 2.24) is 4.90 Å². The summed E-state index contributed by atoms with van der Waals surface area (Å²) in [5.74, 6) is 5.80. The number of hydrogen-bond acceptors (Lipinski definition) is 2. The van der Waals surface area contributed by atoms with E-state index in [0.717, 1.165) is 22.1 Å². The zero-order valence-electron chi connectivity index (χ0n) is 21.5. The summed E-state index contributed by atoms with van der Waals surface area (Å²) >= 11 is 0. The molecule has 0 unspecified atom stereocenters. The second-order valence-electron chi connectivity index (χ2n) is 8.73. The number of rotatable bonds is 2. The summed E-state index contributed by atoms with van der Waals surface area (Å²) in [4.78, 5) is 27.5. The summed E-state index contributed by atoms with van der Waals surface area (Å²) in [6.45, 7) is 0.277. The Morgan fingerprint density at radius 1 is 0.675 bits per heavy atom. The molecule has 0 saturated carbocycles. The molecular weight excluding hydrogens is 578 g/mol. The van der Waals surface area contributed by atoms with Gasteiger partial charge in [-0.15, -0.1) is 17.7 Å². The first-order valence-electron chi connectivity index (χ1n) is 12.4. The van der Waals surface area contributed by atoms with Gasteiger partial charge in [0.25, 0.3) is 11.8 Å². The zero-order valence-corrected chi connectivity index (χ0v) is 23.7. The van der Waals surface area contributed by atoms with E-state index < -0.39 is 0 Å².